The van der Waals surface area contributed by atoms with Crippen molar-refractivity contribution in [3.8, 4) is 11.3 Å². The Labute approximate surface area is 246 Å². The second-order valence-electron chi connectivity index (χ2n) is 12.5. The Balaban J connectivity index is 1.36. The van der Waals surface area contributed by atoms with Crippen LogP contribution in [0.25, 0.3) is 11.3 Å². The number of rotatable bonds is 11. The van der Waals surface area contributed by atoms with Crippen LogP contribution in [-0.2, 0) is 11.0 Å². The van der Waals surface area contributed by atoms with Crippen molar-refractivity contribution < 1.29 is 22.8 Å². The standard InChI is InChI=1S/C32H44F3N5O2/c1-39(24-12-3-2-4-13-24)19-18-23(20-30(41)36-22-10-9-11-22)37-31(42)28-21-29(40(38-28)25-14-5-6-15-25)26-16-7-8-17-27(26)32(33,34)35/h7-8,16-17,21-25H,2-6,9-15,18-20H2,1H3,(H,36,41)(H,37,42)/t23-/m0/s1. The molecule has 2 aromatic rings. The van der Waals surface area contributed by atoms with Crippen molar-refractivity contribution in [2.45, 2.75) is 120 Å². The second kappa shape index (κ2) is 13.6. The van der Waals surface area contributed by atoms with E-state index >= 15 is 0 Å². The molecule has 1 aromatic carbocycles. The van der Waals surface area contributed by atoms with Gasteiger partial charge in [0, 0.05) is 36.7 Å². The van der Waals surface area contributed by atoms with Gasteiger partial charge in [0.2, 0.25) is 5.91 Å². The number of hydrogen-bond donors (Lipinski definition) is 2. The minimum absolute atomic E-state index is 0.0222. The molecule has 3 saturated carbocycles. The van der Waals surface area contributed by atoms with Crippen LogP contribution in [0.15, 0.2) is 30.3 Å². The smallest absolute Gasteiger partial charge is 0.353 e. The van der Waals surface area contributed by atoms with E-state index in [1.54, 1.807) is 10.7 Å². The van der Waals surface area contributed by atoms with Crippen molar-refractivity contribution >= 4 is 11.8 Å². The second-order valence-corrected chi connectivity index (χ2v) is 12.5. The zero-order valence-electron chi connectivity index (χ0n) is 24.6. The molecular weight excluding hydrogens is 543 g/mol. The number of carbonyl (C=O) groups is 2. The van der Waals surface area contributed by atoms with E-state index < -0.39 is 23.7 Å². The van der Waals surface area contributed by atoms with Gasteiger partial charge in [0.15, 0.2) is 5.69 Å². The summed E-state index contributed by atoms with van der Waals surface area (Å²) in [6.45, 7) is 0.743. The molecule has 0 saturated heterocycles. The zero-order valence-corrected chi connectivity index (χ0v) is 24.6. The van der Waals surface area contributed by atoms with E-state index in [1.807, 2.05) is 0 Å². The zero-order chi connectivity index (χ0) is 29.7. The summed E-state index contributed by atoms with van der Waals surface area (Å²) in [5, 5.41) is 10.7. The van der Waals surface area contributed by atoms with Crippen molar-refractivity contribution in [1.29, 1.82) is 0 Å². The first-order valence-electron chi connectivity index (χ1n) is 15.8. The molecule has 3 aliphatic carbocycles. The molecule has 0 radical (unpaired) electrons. The Kier molecular flexibility index (Phi) is 9.91. The molecule has 7 nitrogen and oxygen atoms in total. The number of alkyl halides is 3. The molecule has 5 rings (SSSR count). The van der Waals surface area contributed by atoms with Crippen LogP contribution < -0.4 is 10.6 Å². The third-order valence-electron chi connectivity index (χ3n) is 9.41. The fourth-order valence-electron chi connectivity index (χ4n) is 6.70. The number of benzene rings is 1. The van der Waals surface area contributed by atoms with Crippen LogP contribution in [0.5, 0.6) is 0 Å². The maximum Gasteiger partial charge on any atom is 0.417 e. The van der Waals surface area contributed by atoms with Gasteiger partial charge in [-0.3, -0.25) is 14.3 Å². The van der Waals surface area contributed by atoms with Crippen LogP contribution in [0.1, 0.15) is 112 Å². The summed E-state index contributed by atoms with van der Waals surface area (Å²) in [5.41, 5.74) is -0.337. The van der Waals surface area contributed by atoms with Crippen molar-refractivity contribution in [3.05, 3.63) is 41.6 Å². The van der Waals surface area contributed by atoms with E-state index in [2.05, 4.69) is 27.7 Å². The van der Waals surface area contributed by atoms with E-state index in [4.69, 9.17) is 0 Å². The molecule has 0 bridgehead atoms. The lowest BCUT2D eigenvalue weighted by atomic mass is 9.93. The van der Waals surface area contributed by atoms with Gasteiger partial charge in [-0.2, -0.15) is 18.3 Å². The van der Waals surface area contributed by atoms with Crippen LogP contribution >= 0.6 is 0 Å². The Morgan fingerprint density at radius 3 is 2.36 bits per heavy atom. The molecular formula is C32H44F3N5O2. The third-order valence-corrected chi connectivity index (χ3v) is 9.41. The quantitative estimate of drug-likeness (QED) is 0.315. The monoisotopic (exact) mass is 587 g/mol. The summed E-state index contributed by atoms with van der Waals surface area (Å²) in [7, 11) is 2.11. The van der Waals surface area contributed by atoms with Crippen molar-refractivity contribution in [3.63, 3.8) is 0 Å². The highest BCUT2D eigenvalue weighted by Crippen LogP contribution is 2.40. The molecule has 10 heteroatoms. The highest BCUT2D eigenvalue weighted by atomic mass is 19.4. The summed E-state index contributed by atoms with van der Waals surface area (Å²) >= 11 is 0. The Hall–Kier alpha value is -2.88. The molecule has 230 valence electrons. The highest BCUT2D eigenvalue weighted by Gasteiger charge is 2.35. The van der Waals surface area contributed by atoms with Crippen LogP contribution in [0.2, 0.25) is 0 Å². The average molecular weight is 588 g/mol. The van der Waals surface area contributed by atoms with Gasteiger partial charge in [-0.1, -0.05) is 50.3 Å². The number of amides is 2. The van der Waals surface area contributed by atoms with Gasteiger partial charge in [0.1, 0.15) is 0 Å². The molecule has 3 fully saturated rings. The first-order chi connectivity index (χ1) is 20.2. The fourth-order valence-corrected chi connectivity index (χ4v) is 6.70. The lowest BCUT2D eigenvalue weighted by Gasteiger charge is -2.32. The molecule has 42 heavy (non-hydrogen) atoms. The lowest BCUT2D eigenvalue weighted by molar-refractivity contribution is -0.137. The first-order valence-corrected chi connectivity index (χ1v) is 15.8. The van der Waals surface area contributed by atoms with Gasteiger partial charge in [0.25, 0.3) is 5.91 Å². The van der Waals surface area contributed by atoms with Crippen LogP contribution in [0.4, 0.5) is 13.2 Å². The van der Waals surface area contributed by atoms with Crippen LogP contribution in [-0.4, -0.2) is 58.2 Å². The van der Waals surface area contributed by atoms with Crippen LogP contribution in [0.3, 0.4) is 0 Å². The average Bonchev–Trinajstić information content (AvgIpc) is 3.64. The Bertz CT molecular complexity index is 1210. The minimum Gasteiger partial charge on any atom is -0.353 e. The number of halogens is 3. The van der Waals surface area contributed by atoms with Gasteiger partial charge in [-0.25, -0.2) is 0 Å². The maximum absolute atomic E-state index is 14.0. The molecule has 0 unspecified atom stereocenters. The number of hydrogen-bond acceptors (Lipinski definition) is 4. The van der Waals surface area contributed by atoms with Gasteiger partial charge in [-0.15, -0.1) is 0 Å². The molecule has 1 heterocycles. The van der Waals surface area contributed by atoms with E-state index in [-0.39, 0.29) is 35.7 Å². The van der Waals surface area contributed by atoms with E-state index in [0.717, 1.165) is 70.4 Å². The highest BCUT2D eigenvalue weighted by molar-refractivity contribution is 5.94. The molecule has 1 aromatic heterocycles. The predicted octanol–water partition coefficient (Wildman–Crippen LogP) is 6.50. The summed E-state index contributed by atoms with van der Waals surface area (Å²) in [4.78, 5) is 28.8. The minimum atomic E-state index is -4.53. The van der Waals surface area contributed by atoms with Gasteiger partial charge >= 0.3 is 6.18 Å². The van der Waals surface area contributed by atoms with Crippen molar-refractivity contribution in [2.24, 2.45) is 0 Å². The van der Waals surface area contributed by atoms with Gasteiger partial charge < -0.3 is 15.5 Å². The Morgan fingerprint density at radius 2 is 1.69 bits per heavy atom. The number of nitrogens with zero attached hydrogens (tertiary/aromatic N) is 3. The largest absolute Gasteiger partial charge is 0.417 e. The maximum atomic E-state index is 14.0. The van der Waals surface area contributed by atoms with Crippen molar-refractivity contribution in [1.82, 2.24) is 25.3 Å². The normalized spacial score (nSPS) is 19.5. The topological polar surface area (TPSA) is 79.3 Å². The molecule has 2 N–H and O–H groups in total. The van der Waals surface area contributed by atoms with Crippen LogP contribution in [0, 0.1) is 0 Å². The van der Waals surface area contributed by atoms with Crippen molar-refractivity contribution in [2.75, 3.05) is 13.6 Å². The number of nitrogens with one attached hydrogen (secondary N) is 2. The molecule has 1 atom stereocenters. The molecule has 0 aliphatic heterocycles. The number of carbonyl (C=O) groups excluding carboxylic acids is 2. The molecule has 3 aliphatic rings. The summed E-state index contributed by atoms with van der Waals surface area (Å²) in [5.74, 6) is -0.541. The van der Waals surface area contributed by atoms with E-state index in [0.29, 0.717) is 18.2 Å². The van der Waals surface area contributed by atoms with Gasteiger partial charge in [-0.05, 0) is 70.5 Å². The molecule has 0 spiro atoms. The van der Waals surface area contributed by atoms with E-state index in [9.17, 15) is 22.8 Å². The lowest BCUT2D eigenvalue weighted by Crippen LogP contribution is -2.45. The SMILES string of the molecule is CN(CC[C@@H](CC(=O)NC1CCC1)NC(=O)c1cc(-c2ccccc2C(F)(F)F)n(C2CCCC2)n1)C1CCCCC1. The van der Waals surface area contributed by atoms with Gasteiger partial charge in [0.05, 0.1) is 17.3 Å². The van der Waals surface area contributed by atoms with E-state index in [1.165, 1.54) is 37.5 Å². The predicted molar refractivity (Wildman–Crippen MR) is 156 cm³/mol. The number of aromatic nitrogens is 2. The summed E-state index contributed by atoms with van der Waals surface area (Å²) < 4.78 is 43.5. The fraction of sp³-hybridized carbons (Fsp3) is 0.656. The third kappa shape index (κ3) is 7.54. The Morgan fingerprint density at radius 1 is 1.00 bits per heavy atom. The first kappa shape index (κ1) is 30.6. The molecule has 2 amide bonds. The summed E-state index contributed by atoms with van der Waals surface area (Å²) in [6.07, 6.45) is 8.90. The summed E-state index contributed by atoms with van der Waals surface area (Å²) in [6, 6.07) is 7.20.